The molecule has 1 aliphatic rings. The molecule has 0 spiro atoms. The van der Waals surface area contributed by atoms with E-state index < -0.39 is 18.1 Å². The van der Waals surface area contributed by atoms with Crippen LogP contribution in [0.25, 0.3) is 0 Å². The first-order chi connectivity index (χ1) is 8.52. The predicted octanol–water partition coefficient (Wildman–Crippen LogP) is 0.587. The summed E-state index contributed by atoms with van der Waals surface area (Å²) in [5.74, 6) is -0.802. The van der Waals surface area contributed by atoms with Gasteiger partial charge in [-0.15, -0.1) is 0 Å². The van der Waals surface area contributed by atoms with E-state index in [0.29, 0.717) is 16.9 Å². The second-order valence-corrected chi connectivity index (χ2v) is 4.10. The van der Waals surface area contributed by atoms with Crippen LogP contribution in [-0.4, -0.2) is 36.2 Å². The van der Waals surface area contributed by atoms with E-state index in [1.165, 1.54) is 20.1 Å². The van der Waals surface area contributed by atoms with Crippen LogP contribution in [0.3, 0.4) is 0 Å². The molecule has 0 saturated carbocycles. The van der Waals surface area contributed by atoms with Gasteiger partial charge in [-0.25, -0.2) is 4.79 Å². The second-order valence-electron chi connectivity index (χ2n) is 4.10. The van der Waals surface area contributed by atoms with Crippen LogP contribution in [-0.2, 0) is 9.53 Å². The smallest absolute Gasteiger partial charge is 0.337 e. The van der Waals surface area contributed by atoms with Crippen molar-refractivity contribution in [2.75, 3.05) is 17.7 Å². The minimum Gasteiger partial charge on any atom is -0.465 e. The van der Waals surface area contributed by atoms with Gasteiger partial charge in [0.25, 0.3) is 0 Å². The van der Waals surface area contributed by atoms with E-state index in [1.807, 2.05) is 0 Å². The molecule has 0 aromatic heterocycles. The first kappa shape index (κ1) is 12.4. The Labute approximate surface area is 104 Å². The maximum absolute atomic E-state index is 11.7. The van der Waals surface area contributed by atoms with Crippen LogP contribution in [0.15, 0.2) is 18.2 Å². The molecule has 3 N–H and O–H groups in total. The highest BCUT2D eigenvalue weighted by atomic mass is 16.5. The second kappa shape index (κ2) is 4.66. The fraction of sp³-hybridized carbons (Fsp3) is 0.333. The number of fused-ring (bicyclic) bond motifs is 1. The lowest BCUT2D eigenvalue weighted by atomic mass is 10.1. The van der Waals surface area contributed by atoms with Gasteiger partial charge in [0.05, 0.1) is 30.2 Å². The summed E-state index contributed by atoms with van der Waals surface area (Å²) in [7, 11) is 1.29. The van der Waals surface area contributed by atoms with E-state index in [0.717, 1.165) is 0 Å². The Morgan fingerprint density at radius 2 is 2.17 bits per heavy atom. The fourth-order valence-electron chi connectivity index (χ4n) is 1.80. The third kappa shape index (κ3) is 2.14. The number of nitrogens with one attached hydrogen (secondary N) is 2. The number of anilines is 2. The molecule has 2 rings (SSSR count). The SMILES string of the molecule is COC(=O)c1ccc2c(c1)NC(=O)C(C(C)O)N2. The molecule has 18 heavy (non-hydrogen) atoms. The summed E-state index contributed by atoms with van der Waals surface area (Å²) in [4.78, 5) is 23.1. The summed E-state index contributed by atoms with van der Waals surface area (Å²) in [6, 6.07) is 4.09. The number of aliphatic hydroxyl groups excluding tert-OH is 1. The molecule has 1 aromatic carbocycles. The third-order valence-electron chi connectivity index (χ3n) is 2.77. The van der Waals surface area contributed by atoms with E-state index in [1.54, 1.807) is 12.1 Å². The number of aliphatic hydroxyl groups is 1. The number of carbonyl (C=O) groups is 2. The summed E-state index contributed by atoms with van der Waals surface area (Å²) in [5.41, 5.74) is 1.52. The predicted molar refractivity (Wildman–Crippen MR) is 65.5 cm³/mol. The monoisotopic (exact) mass is 250 g/mol. The van der Waals surface area contributed by atoms with Crippen LogP contribution in [0.4, 0.5) is 11.4 Å². The summed E-state index contributed by atoms with van der Waals surface area (Å²) in [6.07, 6.45) is -0.807. The van der Waals surface area contributed by atoms with Crippen molar-refractivity contribution in [1.82, 2.24) is 0 Å². The molecule has 0 fully saturated rings. The molecule has 2 unspecified atom stereocenters. The molecular weight excluding hydrogens is 236 g/mol. The zero-order chi connectivity index (χ0) is 13.3. The average molecular weight is 250 g/mol. The van der Waals surface area contributed by atoms with Gasteiger partial charge in [-0.3, -0.25) is 4.79 Å². The highest BCUT2D eigenvalue weighted by molar-refractivity contribution is 6.04. The van der Waals surface area contributed by atoms with Gasteiger partial charge < -0.3 is 20.5 Å². The molecule has 6 nitrogen and oxygen atoms in total. The van der Waals surface area contributed by atoms with Crippen LogP contribution in [0.5, 0.6) is 0 Å². The van der Waals surface area contributed by atoms with E-state index >= 15 is 0 Å². The highest BCUT2D eigenvalue weighted by Gasteiger charge is 2.29. The maximum atomic E-state index is 11.7. The number of hydrogen-bond donors (Lipinski definition) is 3. The van der Waals surface area contributed by atoms with Gasteiger partial charge in [0, 0.05) is 0 Å². The maximum Gasteiger partial charge on any atom is 0.337 e. The molecule has 1 aromatic rings. The number of methoxy groups -OCH3 is 1. The van der Waals surface area contributed by atoms with Gasteiger partial charge >= 0.3 is 5.97 Å². The Balaban J connectivity index is 2.32. The largest absolute Gasteiger partial charge is 0.465 e. The molecule has 1 amide bonds. The van der Waals surface area contributed by atoms with E-state index in [-0.39, 0.29) is 5.91 Å². The van der Waals surface area contributed by atoms with E-state index in [9.17, 15) is 14.7 Å². The van der Waals surface area contributed by atoms with E-state index in [4.69, 9.17) is 0 Å². The minimum absolute atomic E-state index is 0.334. The van der Waals surface area contributed by atoms with Gasteiger partial charge in [-0.05, 0) is 25.1 Å². The lowest BCUT2D eigenvalue weighted by Gasteiger charge is -2.28. The van der Waals surface area contributed by atoms with Crippen molar-refractivity contribution in [1.29, 1.82) is 0 Å². The third-order valence-corrected chi connectivity index (χ3v) is 2.77. The zero-order valence-corrected chi connectivity index (χ0v) is 10.1. The standard InChI is InChI=1S/C12H14N2O4/c1-6(15)10-11(16)14-9-5-7(12(17)18-2)3-4-8(9)13-10/h3-6,10,13,15H,1-2H3,(H,14,16). The van der Waals surface area contributed by atoms with Crippen molar-refractivity contribution in [3.63, 3.8) is 0 Å². The first-order valence-corrected chi connectivity index (χ1v) is 5.50. The normalized spacial score (nSPS) is 19.3. The Hall–Kier alpha value is -2.08. The van der Waals surface area contributed by atoms with Crippen LogP contribution in [0, 0.1) is 0 Å². The van der Waals surface area contributed by atoms with Crippen LogP contribution in [0.2, 0.25) is 0 Å². The summed E-state index contributed by atoms with van der Waals surface area (Å²) in [6.45, 7) is 1.53. The molecular formula is C12H14N2O4. The Bertz CT molecular complexity index is 499. The van der Waals surface area contributed by atoms with Crippen molar-refractivity contribution in [3.8, 4) is 0 Å². The summed E-state index contributed by atoms with van der Waals surface area (Å²) in [5, 5.41) is 15.0. The Morgan fingerprint density at radius 3 is 2.78 bits per heavy atom. The number of benzene rings is 1. The van der Waals surface area contributed by atoms with Crippen molar-refractivity contribution in [2.45, 2.75) is 19.1 Å². The quantitative estimate of drug-likeness (QED) is 0.668. The Kier molecular flexibility index (Phi) is 3.20. The number of esters is 1. The summed E-state index contributed by atoms with van der Waals surface area (Å²) < 4.78 is 4.60. The van der Waals surface area contributed by atoms with Crippen LogP contribution in [0.1, 0.15) is 17.3 Å². The lowest BCUT2D eigenvalue weighted by Crippen LogP contribution is -2.45. The fourth-order valence-corrected chi connectivity index (χ4v) is 1.80. The molecule has 1 aliphatic heterocycles. The molecule has 96 valence electrons. The van der Waals surface area contributed by atoms with Crippen LogP contribution < -0.4 is 10.6 Å². The Morgan fingerprint density at radius 1 is 1.44 bits per heavy atom. The van der Waals surface area contributed by atoms with Gasteiger partial charge in [0.2, 0.25) is 5.91 Å². The number of rotatable bonds is 2. The van der Waals surface area contributed by atoms with Gasteiger partial charge in [0.15, 0.2) is 0 Å². The van der Waals surface area contributed by atoms with Crippen molar-refractivity contribution < 1.29 is 19.4 Å². The zero-order valence-electron chi connectivity index (χ0n) is 10.1. The van der Waals surface area contributed by atoms with Crippen molar-refractivity contribution >= 4 is 23.3 Å². The van der Waals surface area contributed by atoms with Gasteiger partial charge in [0.1, 0.15) is 6.04 Å². The summed E-state index contributed by atoms with van der Waals surface area (Å²) >= 11 is 0. The number of hydrogen-bond acceptors (Lipinski definition) is 5. The first-order valence-electron chi connectivity index (χ1n) is 5.50. The molecule has 0 saturated heterocycles. The van der Waals surface area contributed by atoms with Gasteiger partial charge in [-0.1, -0.05) is 0 Å². The minimum atomic E-state index is -0.807. The molecule has 0 bridgehead atoms. The average Bonchev–Trinajstić information content (AvgIpc) is 2.35. The number of amides is 1. The van der Waals surface area contributed by atoms with Crippen molar-refractivity contribution in [3.05, 3.63) is 23.8 Å². The molecule has 1 heterocycles. The van der Waals surface area contributed by atoms with Gasteiger partial charge in [-0.2, -0.15) is 0 Å². The van der Waals surface area contributed by atoms with Crippen molar-refractivity contribution in [2.24, 2.45) is 0 Å². The molecule has 0 aliphatic carbocycles. The lowest BCUT2D eigenvalue weighted by molar-refractivity contribution is -0.118. The molecule has 6 heteroatoms. The topological polar surface area (TPSA) is 87.7 Å². The van der Waals surface area contributed by atoms with Crippen LogP contribution >= 0.6 is 0 Å². The molecule has 0 radical (unpaired) electrons. The number of carbonyl (C=O) groups excluding carboxylic acids is 2. The molecule has 2 atom stereocenters. The number of ether oxygens (including phenoxy) is 1. The van der Waals surface area contributed by atoms with E-state index in [2.05, 4.69) is 15.4 Å². The highest BCUT2D eigenvalue weighted by Crippen LogP contribution is 2.28.